The number of carboxylic acid groups (broad SMARTS) is 1. The lowest BCUT2D eigenvalue weighted by molar-refractivity contribution is -0.142. The van der Waals surface area contributed by atoms with Crippen LogP contribution in [-0.2, 0) is 4.79 Å². The van der Waals surface area contributed by atoms with Crippen molar-refractivity contribution < 1.29 is 9.90 Å². The summed E-state index contributed by atoms with van der Waals surface area (Å²) in [6.45, 7) is 0. The molecule has 1 fully saturated rings. The Hall–Kier alpha value is -0.180. The zero-order valence-corrected chi connectivity index (χ0v) is 7.56. The van der Waals surface area contributed by atoms with Crippen LogP contribution < -0.4 is 0 Å². The van der Waals surface area contributed by atoms with E-state index in [1.807, 2.05) is 6.26 Å². The molecule has 11 heavy (non-hydrogen) atoms. The monoisotopic (exact) mass is 174 g/mol. The van der Waals surface area contributed by atoms with E-state index in [2.05, 4.69) is 0 Å². The van der Waals surface area contributed by atoms with Crippen LogP contribution >= 0.6 is 11.8 Å². The molecule has 0 heterocycles. The fourth-order valence-electron chi connectivity index (χ4n) is 1.66. The molecule has 1 aliphatic rings. The lowest BCUT2D eigenvalue weighted by Crippen LogP contribution is -2.28. The van der Waals surface area contributed by atoms with E-state index in [0.29, 0.717) is 5.25 Å². The summed E-state index contributed by atoms with van der Waals surface area (Å²) in [5.41, 5.74) is 0. The first-order valence-corrected chi connectivity index (χ1v) is 5.30. The summed E-state index contributed by atoms with van der Waals surface area (Å²) in [7, 11) is 0. The Labute approximate surface area is 71.4 Å². The first-order valence-electron chi connectivity index (χ1n) is 4.01. The van der Waals surface area contributed by atoms with Gasteiger partial charge in [0.1, 0.15) is 0 Å². The van der Waals surface area contributed by atoms with Crippen LogP contribution in [0.2, 0.25) is 0 Å². The predicted octanol–water partition coefficient (Wildman–Crippen LogP) is 1.99. The van der Waals surface area contributed by atoms with Crippen molar-refractivity contribution in [3.05, 3.63) is 0 Å². The van der Waals surface area contributed by atoms with Gasteiger partial charge in [-0.1, -0.05) is 12.8 Å². The molecule has 0 amide bonds. The molecule has 0 aliphatic heterocycles. The van der Waals surface area contributed by atoms with Crippen molar-refractivity contribution in [1.29, 1.82) is 0 Å². The summed E-state index contributed by atoms with van der Waals surface area (Å²) in [6, 6.07) is 0. The van der Waals surface area contributed by atoms with Gasteiger partial charge in [0.2, 0.25) is 0 Å². The van der Waals surface area contributed by atoms with E-state index >= 15 is 0 Å². The van der Waals surface area contributed by atoms with Crippen LogP contribution in [0.1, 0.15) is 25.7 Å². The summed E-state index contributed by atoms with van der Waals surface area (Å²) in [5.74, 6) is -0.692. The van der Waals surface area contributed by atoms with Crippen molar-refractivity contribution in [2.75, 3.05) is 6.26 Å². The zero-order chi connectivity index (χ0) is 8.27. The molecule has 0 radical (unpaired) electrons. The number of carbonyl (C=O) groups is 1. The SMILES string of the molecule is CSC1CCCCC1C(=O)O. The summed E-state index contributed by atoms with van der Waals surface area (Å²) in [4.78, 5) is 10.7. The highest BCUT2D eigenvalue weighted by atomic mass is 32.2. The van der Waals surface area contributed by atoms with E-state index < -0.39 is 5.97 Å². The number of thioether (sulfide) groups is 1. The average molecular weight is 174 g/mol. The summed E-state index contributed by atoms with van der Waals surface area (Å²) < 4.78 is 0. The first kappa shape index (κ1) is 8.91. The third kappa shape index (κ3) is 2.12. The van der Waals surface area contributed by atoms with Crippen LogP contribution in [-0.4, -0.2) is 22.6 Å². The fourth-order valence-corrected chi connectivity index (χ4v) is 2.64. The molecule has 1 saturated carbocycles. The van der Waals surface area contributed by atoms with Crippen molar-refractivity contribution in [3.63, 3.8) is 0 Å². The van der Waals surface area contributed by atoms with E-state index in [9.17, 15) is 4.79 Å². The van der Waals surface area contributed by atoms with E-state index in [0.717, 1.165) is 19.3 Å². The van der Waals surface area contributed by atoms with Gasteiger partial charge in [-0.3, -0.25) is 4.79 Å². The quantitative estimate of drug-likeness (QED) is 0.695. The summed E-state index contributed by atoms with van der Waals surface area (Å²) in [5, 5.41) is 9.19. The van der Waals surface area contributed by atoms with Crippen LogP contribution in [0.4, 0.5) is 0 Å². The maximum atomic E-state index is 10.7. The van der Waals surface area contributed by atoms with Crippen molar-refractivity contribution in [2.45, 2.75) is 30.9 Å². The summed E-state index contributed by atoms with van der Waals surface area (Å²) in [6.07, 6.45) is 6.26. The maximum Gasteiger partial charge on any atom is 0.307 e. The minimum Gasteiger partial charge on any atom is -0.481 e. The molecule has 0 saturated heterocycles. The molecule has 1 rings (SSSR count). The Morgan fingerprint density at radius 1 is 1.45 bits per heavy atom. The Morgan fingerprint density at radius 2 is 2.09 bits per heavy atom. The topological polar surface area (TPSA) is 37.3 Å². The Kier molecular flexibility index (Phi) is 3.24. The molecule has 0 spiro atoms. The fraction of sp³-hybridized carbons (Fsp3) is 0.875. The molecule has 0 aromatic rings. The second-order valence-corrected chi connectivity index (χ2v) is 4.08. The smallest absolute Gasteiger partial charge is 0.307 e. The van der Waals surface area contributed by atoms with Gasteiger partial charge in [-0.2, -0.15) is 11.8 Å². The summed E-state index contributed by atoms with van der Waals surface area (Å²) >= 11 is 1.70. The van der Waals surface area contributed by atoms with E-state index in [-0.39, 0.29) is 5.92 Å². The van der Waals surface area contributed by atoms with Gasteiger partial charge in [0.25, 0.3) is 0 Å². The van der Waals surface area contributed by atoms with Crippen molar-refractivity contribution in [1.82, 2.24) is 0 Å². The highest BCUT2D eigenvalue weighted by Crippen LogP contribution is 2.32. The first-order chi connectivity index (χ1) is 5.25. The predicted molar refractivity (Wildman–Crippen MR) is 46.9 cm³/mol. The lowest BCUT2D eigenvalue weighted by atomic mass is 9.89. The number of aliphatic carboxylic acids is 1. The number of hydrogen-bond donors (Lipinski definition) is 1. The minimum absolute atomic E-state index is 0.0845. The largest absolute Gasteiger partial charge is 0.481 e. The minimum atomic E-state index is -0.607. The number of hydrogen-bond acceptors (Lipinski definition) is 2. The maximum absolute atomic E-state index is 10.7. The number of rotatable bonds is 2. The van der Waals surface area contributed by atoms with E-state index in [1.165, 1.54) is 6.42 Å². The average Bonchev–Trinajstić information content (AvgIpc) is 2.04. The molecule has 1 aliphatic carbocycles. The van der Waals surface area contributed by atoms with Crippen LogP contribution in [0.3, 0.4) is 0 Å². The number of carboxylic acids is 1. The normalized spacial score (nSPS) is 31.7. The molecule has 0 aromatic heterocycles. The molecular weight excluding hydrogens is 160 g/mol. The van der Waals surface area contributed by atoms with Gasteiger partial charge in [-0.05, 0) is 19.1 Å². The molecule has 2 atom stereocenters. The Balaban J connectivity index is 2.51. The van der Waals surface area contributed by atoms with Gasteiger partial charge in [-0.15, -0.1) is 0 Å². The Morgan fingerprint density at radius 3 is 2.55 bits per heavy atom. The van der Waals surface area contributed by atoms with Crippen LogP contribution in [0.5, 0.6) is 0 Å². The van der Waals surface area contributed by atoms with Crippen LogP contribution in [0.25, 0.3) is 0 Å². The van der Waals surface area contributed by atoms with Gasteiger partial charge < -0.3 is 5.11 Å². The highest BCUT2D eigenvalue weighted by molar-refractivity contribution is 7.99. The standard InChI is InChI=1S/C8H14O2S/c1-11-7-5-3-2-4-6(7)8(9)10/h6-7H,2-5H2,1H3,(H,9,10). The molecule has 2 unspecified atom stereocenters. The van der Waals surface area contributed by atoms with Gasteiger partial charge >= 0.3 is 5.97 Å². The van der Waals surface area contributed by atoms with Crippen LogP contribution in [0, 0.1) is 5.92 Å². The zero-order valence-electron chi connectivity index (χ0n) is 6.75. The third-order valence-electron chi connectivity index (χ3n) is 2.32. The molecule has 0 bridgehead atoms. The van der Waals surface area contributed by atoms with E-state index in [1.54, 1.807) is 11.8 Å². The molecule has 2 nitrogen and oxygen atoms in total. The lowest BCUT2D eigenvalue weighted by Gasteiger charge is -2.26. The second kappa shape index (κ2) is 4.00. The van der Waals surface area contributed by atoms with Gasteiger partial charge in [-0.25, -0.2) is 0 Å². The molecule has 64 valence electrons. The Bertz CT molecular complexity index is 147. The van der Waals surface area contributed by atoms with Crippen molar-refractivity contribution in [3.8, 4) is 0 Å². The van der Waals surface area contributed by atoms with Gasteiger partial charge in [0, 0.05) is 5.25 Å². The molecular formula is C8H14O2S. The van der Waals surface area contributed by atoms with Crippen LogP contribution in [0.15, 0.2) is 0 Å². The van der Waals surface area contributed by atoms with Gasteiger partial charge in [0.05, 0.1) is 5.92 Å². The van der Waals surface area contributed by atoms with Crippen molar-refractivity contribution in [2.24, 2.45) is 5.92 Å². The molecule has 3 heteroatoms. The van der Waals surface area contributed by atoms with Crippen molar-refractivity contribution >= 4 is 17.7 Å². The molecule has 1 N–H and O–H groups in total. The second-order valence-electron chi connectivity index (χ2n) is 3.00. The third-order valence-corrected chi connectivity index (χ3v) is 3.49. The highest BCUT2D eigenvalue weighted by Gasteiger charge is 2.29. The van der Waals surface area contributed by atoms with E-state index in [4.69, 9.17) is 5.11 Å². The molecule has 0 aromatic carbocycles. The van der Waals surface area contributed by atoms with Gasteiger partial charge in [0.15, 0.2) is 0 Å².